The number of hydrogen-bond donors (Lipinski definition) is 2. The molecule has 20 heteroatoms. The van der Waals surface area contributed by atoms with Crippen LogP contribution in [0, 0.1) is 10.8 Å². The summed E-state index contributed by atoms with van der Waals surface area (Å²) in [4.78, 5) is 111. The van der Waals surface area contributed by atoms with Gasteiger partial charge < -0.3 is 47.5 Å². The van der Waals surface area contributed by atoms with Crippen LogP contribution in [0.4, 0.5) is 0 Å². The van der Waals surface area contributed by atoms with Gasteiger partial charge in [-0.15, -0.1) is 0 Å². The number of cyclic esters (lactones) is 2. The molecule has 364 valence electrons. The summed E-state index contributed by atoms with van der Waals surface area (Å²) < 4.78 is 44.2. The molecule has 1 aliphatic heterocycles. The van der Waals surface area contributed by atoms with E-state index in [0.29, 0.717) is 0 Å². The van der Waals surface area contributed by atoms with Gasteiger partial charge in [0.25, 0.3) is 0 Å². The number of carbonyl (C=O) groups excluding carboxylic acids is 6. The minimum Gasteiger partial charge on any atom is -0.481 e. The van der Waals surface area contributed by atoms with Gasteiger partial charge in [0.1, 0.15) is 47.8 Å². The molecule has 0 aromatic carbocycles. The lowest BCUT2D eigenvalue weighted by atomic mass is 9.76. The maximum absolute atomic E-state index is 13.7. The van der Waals surface area contributed by atoms with Gasteiger partial charge >= 0.3 is 47.8 Å². The Morgan fingerprint density at radius 1 is 0.632 bits per heavy atom. The number of allylic oxidation sites excluding steroid dienone is 10. The molecule has 0 saturated heterocycles. The average Bonchev–Trinajstić information content (AvgIpc) is 4.00. The molecule has 0 radical (unpaired) electrons. The number of methoxy groups -OCH3 is 2. The van der Waals surface area contributed by atoms with Gasteiger partial charge in [0, 0.05) is 25.0 Å². The second kappa shape index (κ2) is 26.9. The highest BCUT2D eigenvalue weighted by atomic mass is 16.6. The summed E-state index contributed by atoms with van der Waals surface area (Å²) >= 11 is 0. The van der Waals surface area contributed by atoms with E-state index in [1.807, 2.05) is 0 Å². The van der Waals surface area contributed by atoms with Gasteiger partial charge in [0.15, 0.2) is 11.4 Å². The largest absolute Gasteiger partial charge is 0.481 e. The number of oxazole rings is 2. The van der Waals surface area contributed by atoms with Gasteiger partial charge in [-0.2, -0.15) is 0 Å². The van der Waals surface area contributed by atoms with Crippen LogP contribution in [0.3, 0.4) is 0 Å². The third-order valence-corrected chi connectivity index (χ3v) is 10.2. The quantitative estimate of drug-likeness (QED) is 0.103. The first-order chi connectivity index (χ1) is 32.4. The Morgan fingerprint density at radius 2 is 1.00 bits per heavy atom. The first kappa shape index (κ1) is 54.4. The maximum Gasteiger partial charge on any atom is 0.360 e. The van der Waals surface area contributed by atoms with Crippen molar-refractivity contribution in [2.24, 2.45) is 10.8 Å². The van der Waals surface area contributed by atoms with Crippen LogP contribution in [0.25, 0.3) is 12.2 Å². The van der Waals surface area contributed by atoms with Crippen molar-refractivity contribution in [3.8, 4) is 0 Å². The molecular weight excluding hydrogens is 893 g/mol. The molecule has 68 heavy (non-hydrogen) atoms. The predicted octanol–water partition coefficient (Wildman–Crippen LogP) is 6.52. The second-order valence-electron chi connectivity index (χ2n) is 15.0. The predicted molar refractivity (Wildman–Crippen MR) is 239 cm³/mol. The summed E-state index contributed by atoms with van der Waals surface area (Å²) in [5, 5.41) is 18.2. The van der Waals surface area contributed by atoms with Gasteiger partial charge in [-0.05, 0) is 39.8 Å². The fraction of sp³-hybridized carbons (Fsp3) is 0.375. The van der Waals surface area contributed by atoms with Crippen LogP contribution in [0.1, 0.15) is 99.0 Å². The smallest absolute Gasteiger partial charge is 0.360 e. The minimum atomic E-state index is -1.90. The molecule has 4 bridgehead atoms. The molecule has 0 amide bonds. The SMILES string of the molecule is C/C=C/C(OC(=O)CCC(=O)O)C(C)(C(=O)OC)C1C\C=C/C=C/C=C/c2nc(co2)C(=O)OC(C(C)(C(=O)OC)C(/C=C/C)OC(=O)CCC(=O)O)C/C=C/C=C/C=C/c2nc(co2)C(=O)O1. The lowest BCUT2D eigenvalue weighted by Crippen LogP contribution is -2.52. The maximum atomic E-state index is 13.7. The fourth-order valence-electron chi connectivity index (χ4n) is 6.41. The van der Waals surface area contributed by atoms with Crippen molar-refractivity contribution in [2.75, 3.05) is 14.2 Å². The highest BCUT2D eigenvalue weighted by Crippen LogP contribution is 2.38. The number of fused-ring (bicyclic) bond motifs is 4. The molecule has 6 unspecified atom stereocenters. The number of rotatable bonds is 16. The van der Waals surface area contributed by atoms with Gasteiger partial charge in [-0.1, -0.05) is 72.9 Å². The van der Waals surface area contributed by atoms with Crippen molar-refractivity contribution < 1.29 is 85.8 Å². The van der Waals surface area contributed by atoms with Crippen LogP contribution in [0.5, 0.6) is 0 Å². The number of ether oxygens (including phenoxy) is 6. The van der Waals surface area contributed by atoms with Gasteiger partial charge in [0.2, 0.25) is 11.8 Å². The monoisotopic (exact) mass is 946 g/mol. The summed E-state index contributed by atoms with van der Waals surface area (Å²) in [5.74, 6) is -8.25. The lowest BCUT2D eigenvalue weighted by Gasteiger charge is -2.38. The molecule has 2 aromatic heterocycles. The summed E-state index contributed by atoms with van der Waals surface area (Å²) in [6.07, 6.45) is 18.2. The van der Waals surface area contributed by atoms with Crippen molar-refractivity contribution in [1.82, 2.24) is 9.97 Å². The number of carboxylic acids is 2. The number of hydrogen-bond acceptors (Lipinski definition) is 18. The molecule has 6 atom stereocenters. The molecule has 3 rings (SSSR count). The standard InChI is InChI=1S/C48H54N2O18/c1-7-19-33(65-41(55)27-25-39(51)52)47(3,45(59)61-5)35-21-15-11-9-13-17-24-38-50-32(30-64-38)44(58)68-36(22-16-12-10-14-18-23-37-49-31(29-63-37)43(57)67-35)48(4,46(60)62-6)34(20-8-2)66-42(56)28-26-40(53)54/h7-20,23-24,29-30,33-36H,21-22,25-28H2,1-6H3,(H,51,52)(H,53,54)/b13-9+,14-10+,15-11-,16-12+,19-7+,20-8+,23-18+,24-17+. The third-order valence-electron chi connectivity index (χ3n) is 10.2. The molecule has 20 nitrogen and oxygen atoms in total. The molecule has 0 fully saturated rings. The first-order valence-corrected chi connectivity index (χ1v) is 21.0. The van der Waals surface area contributed by atoms with E-state index in [0.717, 1.165) is 26.7 Å². The lowest BCUT2D eigenvalue weighted by molar-refractivity contribution is -0.178. The topological polar surface area (TPSA) is 284 Å². The zero-order chi connectivity index (χ0) is 50.3. The third kappa shape index (κ3) is 15.6. The van der Waals surface area contributed by atoms with E-state index in [1.165, 1.54) is 62.5 Å². The van der Waals surface area contributed by atoms with Crippen LogP contribution in [-0.4, -0.2) is 107 Å². The van der Waals surface area contributed by atoms with E-state index >= 15 is 0 Å². The van der Waals surface area contributed by atoms with Crippen LogP contribution >= 0.6 is 0 Å². The zero-order valence-corrected chi connectivity index (χ0v) is 38.3. The van der Waals surface area contributed by atoms with E-state index in [-0.39, 0.29) is 36.0 Å². The van der Waals surface area contributed by atoms with E-state index in [9.17, 15) is 38.4 Å². The normalized spacial score (nSPS) is 21.5. The van der Waals surface area contributed by atoms with E-state index in [1.54, 1.807) is 62.5 Å². The highest BCUT2D eigenvalue weighted by Gasteiger charge is 2.53. The summed E-state index contributed by atoms with van der Waals surface area (Å²) in [6, 6.07) is 0. The van der Waals surface area contributed by atoms with Crippen molar-refractivity contribution >= 4 is 59.9 Å². The number of carbonyl (C=O) groups is 8. The first-order valence-electron chi connectivity index (χ1n) is 21.0. The van der Waals surface area contributed by atoms with Gasteiger partial charge in [-0.25, -0.2) is 19.6 Å². The Balaban J connectivity index is 2.08. The van der Waals surface area contributed by atoms with E-state index in [4.69, 9.17) is 47.5 Å². The number of aliphatic carboxylic acids is 2. The van der Waals surface area contributed by atoms with Crippen LogP contribution < -0.4 is 0 Å². The number of esters is 6. The molecule has 0 saturated carbocycles. The molecule has 3 heterocycles. The average molecular weight is 947 g/mol. The van der Waals surface area contributed by atoms with Gasteiger partial charge in [0.05, 0.1) is 39.9 Å². The van der Waals surface area contributed by atoms with Crippen LogP contribution in [-0.2, 0) is 57.2 Å². The van der Waals surface area contributed by atoms with Crippen molar-refractivity contribution in [3.63, 3.8) is 0 Å². The van der Waals surface area contributed by atoms with Crippen molar-refractivity contribution in [2.45, 2.75) is 90.6 Å². The molecule has 1 aliphatic rings. The summed E-state index contributed by atoms with van der Waals surface area (Å²) in [7, 11) is 2.20. The molecule has 0 aliphatic carbocycles. The van der Waals surface area contributed by atoms with Crippen LogP contribution in [0.15, 0.2) is 106 Å². The van der Waals surface area contributed by atoms with E-state index in [2.05, 4.69) is 9.97 Å². The number of nitrogens with zero attached hydrogens (tertiary/aromatic N) is 2. The Hall–Kier alpha value is -7.90. The minimum absolute atomic E-state index is 0.0266. The van der Waals surface area contributed by atoms with Gasteiger partial charge in [-0.3, -0.25) is 28.8 Å². The Labute approximate surface area is 391 Å². The molecule has 2 aromatic rings. The van der Waals surface area contributed by atoms with Crippen LogP contribution in [0.2, 0.25) is 0 Å². The molecule has 0 spiro atoms. The summed E-state index contributed by atoms with van der Waals surface area (Å²) in [6.45, 7) is 5.95. The Morgan fingerprint density at radius 3 is 1.34 bits per heavy atom. The fourth-order valence-corrected chi connectivity index (χ4v) is 6.41. The molecule has 2 N–H and O–H groups in total. The Bertz CT molecular complexity index is 2200. The highest BCUT2D eigenvalue weighted by molar-refractivity contribution is 5.89. The second-order valence-corrected chi connectivity index (χ2v) is 15.0. The number of carboxylic acid groups (broad SMARTS) is 2. The molecular formula is C48H54N2O18. The van der Waals surface area contributed by atoms with E-state index < -0.39 is 109 Å². The summed E-state index contributed by atoms with van der Waals surface area (Å²) in [5.41, 5.74) is -4.36. The van der Waals surface area contributed by atoms with Crippen molar-refractivity contribution in [1.29, 1.82) is 0 Å². The zero-order valence-electron chi connectivity index (χ0n) is 38.3. The Kier molecular flexibility index (Phi) is 21.5. The van der Waals surface area contributed by atoms with Crippen molar-refractivity contribution in [3.05, 3.63) is 121 Å². The number of aromatic nitrogens is 2.